The molecular weight excluding hydrogens is 261 g/mol. The summed E-state index contributed by atoms with van der Waals surface area (Å²) in [6, 6.07) is 6.21. The molecular formula is C15H18FNO3. The summed E-state index contributed by atoms with van der Waals surface area (Å²) in [5.74, 6) is -1.10. The van der Waals surface area contributed by atoms with E-state index in [-0.39, 0.29) is 17.5 Å². The number of carbonyl (C=O) groups excluding carboxylic acids is 1. The predicted octanol–water partition coefficient (Wildman–Crippen LogP) is 2.70. The van der Waals surface area contributed by atoms with Crippen LogP contribution in [-0.2, 0) is 14.3 Å². The second-order valence-electron chi connectivity index (χ2n) is 5.35. The number of hydrogen-bond acceptors (Lipinski definition) is 3. The van der Waals surface area contributed by atoms with Gasteiger partial charge in [0.25, 0.3) is 0 Å². The fourth-order valence-corrected chi connectivity index (χ4v) is 2.90. The van der Waals surface area contributed by atoms with Crippen LogP contribution in [0.2, 0.25) is 0 Å². The Morgan fingerprint density at radius 3 is 2.50 bits per heavy atom. The molecule has 0 aromatic heterocycles. The smallest absolute Gasteiger partial charge is 0.227 e. The van der Waals surface area contributed by atoms with Crippen molar-refractivity contribution in [1.82, 2.24) is 0 Å². The topological polar surface area (TPSA) is 47.6 Å². The van der Waals surface area contributed by atoms with Crippen LogP contribution in [0, 0.1) is 11.7 Å². The first-order chi connectivity index (χ1) is 9.69. The number of benzene rings is 1. The zero-order valence-corrected chi connectivity index (χ0v) is 11.2. The quantitative estimate of drug-likeness (QED) is 0.905. The molecule has 1 heterocycles. The molecule has 1 saturated heterocycles. The summed E-state index contributed by atoms with van der Waals surface area (Å²) in [6.07, 6.45) is 2.87. The van der Waals surface area contributed by atoms with Crippen LogP contribution in [0.3, 0.4) is 0 Å². The lowest BCUT2D eigenvalue weighted by Crippen LogP contribution is -2.38. The van der Waals surface area contributed by atoms with Crippen molar-refractivity contribution in [3.8, 4) is 0 Å². The molecule has 0 atom stereocenters. The van der Waals surface area contributed by atoms with Gasteiger partial charge in [0.2, 0.25) is 5.91 Å². The number of nitrogens with one attached hydrogen (secondary N) is 1. The molecule has 1 N–H and O–H groups in total. The van der Waals surface area contributed by atoms with E-state index in [2.05, 4.69) is 5.32 Å². The summed E-state index contributed by atoms with van der Waals surface area (Å²) >= 11 is 0. The van der Waals surface area contributed by atoms with E-state index in [4.69, 9.17) is 9.47 Å². The number of rotatable bonds is 2. The Balaban J connectivity index is 1.58. The molecule has 2 aliphatic rings. The van der Waals surface area contributed by atoms with Gasteiger partial charge in [0, 0.05) is 18.8 Å². The summed E-state index contributed by atoms with van der Waals surface area (Å²) in [7, 11) is 0. The van der Waals surface area contributed by atoms with Gasteiger partial charge in [-0.25, -0.2) is 4.39 Å². The minimum absolute atomic E-state index is 0.104. The lowest BCUT2D eigenvalue weighted by atomic mass is 9.84. The summed E-state index contributed by atoms with van der Waals surface area (Å²) in [6.45, 7) is 1.26. The second-order valence-corrected chi connectivity index (χ2v) is 5.35. The van der Waals surface area contributed by atoms with Crippen LogP contribution < -0.4 is 5.32 Å². The van der Waals surface area contributed by atoms with Gasteiger partial charge in [0.1, 0.15) is 5.82 Å². The fourth-order valence-electron chi connectivity index (χ4n) is 2.90. The number of hydrogen-bond donors (Lipinski definition) is 1. The Morgan fingerprint density at radius 1 is 1.20 bits per heavy atom. The summed E-state index contributed by atoms with van der Waals surface area (Å²) in [5, 5.41) is 2.66. The molecule has 1 amide bonds. The highest BCUT2D eigenvalue weighted by molar-refractivity contribution is 5.92. The van der Waals surface area contributed by atoms with Gasteiger partial charge in [-0.15, -0.1) is 0 Å². The number of carbonyl (C=O) groups is 1. The van der Waals surface area contributed by atoms with Crippen molar-refractivity contribution in [2.75, 3.05) is 18.5 Å². The first-order valence-corrected chi connectivity index (χ1v) is 7.02. The Morgan fingerprint density at radius 2 is 1.85 bits per heavy atom. The van der Waals surface area contributed by atoms with E-state index in [0.29, 0.717) is 26.1 Å². The van der Waals surface area contributed by atoms with Crippen molar-refractivity contribution in [1.29, 1.82) is 0 Å². The Hall–Kier alpha value is -1.46. The van der Waals surface area contributed by atoms with Crippen molar-refractivity contribution in [2.45, 2.75) is 31.5 Å². The first kappa shape index (κ1) is 13.5. The molecule has 1 aromatic carbocycles. The van der Waals surface area contributed by atoms with Crippen molar-refractivity contribution in [3.05, 3.63) is 30.1 Å². The molecule has 20 heavy (non-hydrogen) atoms. The molecule has 2 fully saturated rings. The minimum Gasteiger partial charge on any atom is -0.348 e. The highest BCUT2D eigenvalue weighted by Gasteiger charge is 2.41. The maximum Gasteiger partial charge on any atom is 0.227 e. The van der Waals surface area contributed by atoms with E-state index in [1.165, 1.54) is 6.07 Å². The zero-order chi connectivity index (χ0) is 14.0. The van der Waals surface area contributed by atoms with Gasteiger partial charge in [-0.05, 0) is 25.0 Å². The van der Waals surface area contributed by atoms with Gasteiger partial charge < -0.3 is 14.8 Å². The molecule has 1 aromatic rings. The van der Waals surface area contributed by atoms with Crippen LogP contribution in [0.4, 0.5) is 10.1 Å². The number of halogens is 1. The molecule has 0 bridgehead atoms. The maximum absolute atomic E-state index is 13.5. The van der Waals surface area contributed by atoms with Gasteiger partial charge in [-0.1, -0.05) is 12.1 Å². The zero-order valence-electron chi connectivity index (χ0n) is 11.2. The molecule has 1 spiro atoms. The van der Waals surface area contributed by atoms with Gasteiger partial charge in [0.15, 0.2) is 5.79 Å². The second kappa shape index (κ2) is 5.50. The van der Waals surface area contributed by atoms with Crippen molar-refractivity contribution in [2.24, 2.45) is 5.92 Å². The lowest BCUT2D eigenvalue weighted by Gasteiger charge is -2.34. The van der Waals surface area contributed by atoms with Crippen LogP contribution in [0.5, 0.6) is 0 Å². The molecule has 108 valence electrons. The Kier molecular flexibility index (Phi) is 3.72. The number of para-hydroxylation sites is 1. The normalized spacial score (nSPS) is 22.1. The van der Waals surface area contributed by atoms with Gasteiger partial charge in [-0.2, -0.15) is 0 Å². The van der Waals surface area contributed by atoms with Crippen molar-refractivity contribution in [3.63, 3.8) is 0 Å². The number of amides is 1. The molecule has 1 aliphatic carbocycles. The van der Waals surface area contributed by atoms with Crippen LogP contribution in [0.15, 0.2) is 24.3 Å². The number of anilines is 1. The standard InChI is InChI=1S/C15H18FNO3/c16-12-3-1-2-4-13(12)17-14(18)11-5-7-15(8-6-11)19-9-10-20-15/h1-4,11H,5-10H2,(H,17,18). The Bertz CT molecular complexity index is 490. The van der Waals surface area contributed by atoms with E-state index >= 15 is 0 Å². The summed E-state index contributed by atoms with van der Waals surface area (Å²) in [4.78, 5) is 12.2. The molecule has 1 saturated carbocycles. The third kappa shape index (κ3) is 2.69. The fraction of sp³-hybridized carbons (Fsp3) is 0.533. The average Bonchev–Trinajstić information content (AvgIpc) is 2.90. The predicted molar refractivity (Wildman–Crippen MR) is 71.6 cm³/mol. The van der Waals surface area contributed by atoms with E-state index in [1.54, 1.807) is 18.2 Å². The van der Waals surface area contributed by atoms with Crippen LogP contribution in [0.25, 0.3) is 0 Å². The molecule has 3 rings (SSSR count). The molecule has 4 nitrogen and oxygen atoms in total. The van der Waals surface area contributed by atoms with Gasteiger partial charge in [-0.3, -0.25) is 4.79 Å². The van der Waals surface area contributed by atoms with E-state index < -0.39 is 11.6 Å². The first-order valence-electron chi connectivity index (χ1n) is 7.02. The molecule has 0 unspecified atom stereocenters. The maximum atomic E-state index is 13.5. The monoisotopic (exact) mass is 279 g/mol. The SMILES string of the molecule is O=C(Nc1ccccc1F)C1CCC2(CC1)OCCO2. The largest absolute Gasteiger partial charge is 0.348 e. The number of ether oxygens (including phenoxy) is 2. The highest BCUT2D eigenvalue weighted by atomic mass is 19.1. The van der Waals surface area contributed by atoms with Crippen molar-refractivity contribution < 1.29 is 18.7 Å². The van der Waals surface area contributed by atoms with E-state index in [1.807, 2.05) is 0 Å². The van der Waals surface area contributed by atoms with E-state index in [0.717, 1.165) is 12.8 Å². The third-order valence-electron chi connectivity index (χ3n) is 4.06. The van der Waals surface area contributed by atoms with Gasteiger partial charge >= 0.3 is 0 Å². The molecule has 1 aliphatic heterocycles. The summed E-state index contributed by atoms with van der Waals surface area (Å²) < 4.78 is 24.8. The van der Waals surface area contributed by atoms with Gasteiger partial charge in [0.05, 0.1) is 18.9 Å². The lowest BCUT2D eigenvalue weighted by molar-refractivity contribution is -0.182. The third-order valence-corrected chi connectivity index (χ3v) is 4.06. The molecule has 0 radical (unpaired) electrons. The summed E-state index contributed by atoms with van der Waals surface area (Å²) in [5.41, 5.74) is 0.242. The molecule has 5 heteroatoms. The van der Waals surface area contributed by atoms with Crippen LogP contribution in [-0.4, -0.2) is 24.9 Å². The minimum atomic E-state index is -0.464. The van der Waals surface area contributed by atoms with Crippen LogP contribution in [0.1, 0.15) is 25.7 Å². The average molecular weight is 279 g/mol. The van der Waals surface area contributed by atoms with Crippen LogP contribution >= 0.6 is 0 Å². The Labute approximate surface area is 117 Å². The van der Waals surface area contributed by atoms with E-state index in [9.17, 15) is 9.18 Å². The highest BCUT2D eigenvalue weighted by Crippen LogP contribution is 2.38. The van der Waals surface area contributed by atoms with Crippen molar-refractivity contribution >= 4 is 11.6 Å².